The van der Waals surface area contributed by atoms with Crippen molar-refractivity contribution in [3.05, 3.63) is 65.7 Å². The highest BCUT2D eigenvalue weighted by atomic mass is 16.5. The lowest BCUT2D eigenvalue weighted by molar-refractivity contribution is -0.116. The van der Waals surface area contributed by atoms with Crippen LogP contribution in [0, 0.1) is 0 Å². The summed E-state index contributed by atoms with van der Waals surface area (Å²) in [4.78, 5) is 28.3. The Kier molecular flexibility index (Phi) is 6.28. The standard InChI is InChI=1S/C25H26N2O5/c1-17(28)27(16-22-20-6-4-3-5-18(20)7-10-24(22)31-2)19-8-9-23(21(15-19)25(29)30)26-11-13-32-14-12-26/h3-10,15H,11-14,16H2,1-2H3,(H,29,30). The van der Waals surface area contributed by atoms with Crippen molar-refractivity contribution in [3.63, 3.8) is 0 Å². The summed E-state index contributed by atoms with van der Waals surface area (Å²) in [5.74, 6) is -0.534. The number of carbonyl (C=O) groups excluding carboxylic acids is 1. The van der Waals surface area contributed by atoms with Gasteiger partial charge in [-0.2, -0.15) is 0 Å². The van der Waals surface area contributed by atoms with E-state index >= 15 is 0 Å². The quantitative estimate of drug-likeness (QED) is 0.633. The molecule has 0 aromatic heterocycles. The molecule has 0 radical (unpaired) electrons. The monoisotopic (exact) mass is 434 g/mol. The second-order valence-corrected chi connectivity index (χ2v) is 7.68. The van der Waals surface area contributed by atoms with Crippen LogP contribution in [0.15, 0.2) is 54.6 Å². The van der Waals surface area contributed by atoms with Gasteiger partial charge in [0.15, 0.2) is 0 Å². The first-order valence-corrected chi connectivity index (χ1v) is 10.5. The molecular formula is C25H26N2O5. The molecule has 1 fully saturated rings. The zero-order valence-electron chi connectivity index (χ0n) is 18.2. The maximum atomic E-state index is 12.7. The van der Waals surface area contributed by atoms with E-state index < -0.39 is 5.97 Å². The third-order valence-electron chi connectivity index (χ3n) is 5.79. The summed E-state index contributed by atoms with van der Waals surface area (Å²) in [6.45, 7) is 4.11. The van der Waals surface area contributed by atoms with Gasteiger partial charge in [0.05, 0.1) is 38.1 Å². The highest BCUT2D eigenvalue weighted by Gasteiger charge is 2.23. The average Bonchev–Trinajstić information content (AvgIpc) is 2.82. The van der Waals surface area contributed by atoms with Gasteiger partial charge in [-0.1, -0.05) is 30.3 Å². The maximum absolute atomic E-state index is 12.7. The summed E-state index contributed by atoms with van der Waals surface area (Å²) in [5, 5.41) is 11.9. The van der Waals surface area contributed by atoms with E-state index in [9.17, 15) is 14.7 Å². The van der Waals surface area contributed by atoms with E-state index in [-0.39, 0.29) is 18.0 Å². The fraction of sp³-hybridized carbons (Fsp3) is 0.280. The number of methoxy groups -OCH3 is 1. The van der Waals surface area contributed by atoms with Crippen LogP contribution < -0.4 is 14.5 Å². The number of rotatable bonds is 6. The Hall–Kier alpha value is -3.58. The van der Waals surface area contributed by atoms with Gasteiger partial charge >= 0.3 is 5.97 Å². The van der Waals surface area contributed by atoms with Gasteiger partial charge in [0.1, 0.15) is 5.75 Å². The lowest BCUT2D eigenvalue weighted by atomic mass is 10.0. The van der Waals surface area contributed by atoms with Crippen molar-refractivity contribution in [2.24, 2.45) is 0 Å². The van der Waals surface area contributed by atoms with Crippen LogP contribution >= 0.6 is 0 Å². The number of amides is 1. The average molecular weight is 434 g/mol. The molecule has 32 heavy (non-hydrogen) atoms. The van der Waals surface area contributed by atoms with E-state index in [2.05, 4.69) is 0 Å². The van der Waals surface area contributed by atoms with Gasteiger partial charge in [-0.3, -0.25) is 4.79 Å². The predicted molar refractivity (Wildman–Crippen MR) is 124 cm³/mol. The second-order valence-electron chi connectivity index (χ2n) is 7.68. The molecule has 1 amide bonds. The molecule has 7 nitrogen and oxygen atoms in total. The number of carboxylic acids is 1. The third-order valence-corrected chi connectivity index (χ3v) is 5.79. The highest BCUT2D eigenvalue weighted by molar-refractivity contribution is 5.99. The number of ether oxygens (including phenoxy) is 2. The van der Waals surface area contributed by atoms with Crippen LogP contribution in [0.3, 0.4) is 0 Å². The molecule has 0 unspecified atom stereocenters. The Morgan fingerprint density at radius 3 is 2.53 bits per heavy atom. The number of morpholine rings is 1. The van der Waals surface area contributed by atoms with Crippen LogP contribution in [-0.4, -0.2) is 50.4 Å². The van der Waals surface area contributed by atoms with Crippen molar-refractivity contribution >= 4 is 34.0 Å². The van der Waals surface area contributed by atoms with Crippen LogP contribution in [0.2, 0.25) is 0 Å². The van der Waals surface area contributed by atoms with Crippen LogP contribution in [-0.2, 0) is 16.1 Å². The minimum atomic E-state index is -1.03. The van der Waals surface area contributed by atoms with E-state index in [1.54, 1.807) is 30.2 Å². The first-order chi connectivity index (χ1) is 15.5. The minimum absolute atomic E-state index is 0.167. The van der Waals surface area contributed by atoms with Crippen molar-refractivity contribution in [3.8, 4) is 5.75 Å². The van der Waals surface area contributed by atoms with E-state index in [0.29, 0.717) is 43.4 Å². The summed E-state index contributed by atoms with van der Waals surface area (Å²) in [6.07, 6.45) is 0. The Morgan fingerprint density at radius 1 is 1.09 bits per heavy atom. The van der Waals surface area contributed by atoms with Crippen LogP contribution in [0.5, 0.6) is 5.75 Å². The van der Waals surface area contributed by atoms with E-state index in [0.717, 1.165) is 16.3 Å². The number of anilines is 2. The second kappa shape index (κ2) is 9.28. The molecule has 4 rings (SSSR count). The number of nitrogens with zero attached hydrogens (tertiary/aromatic N) is 2. The summed E-state index contributed by atoms with van der Waals surface area (Å²) in [6, 6.07) is 16.9. The number of fused-ring (bicyclic) bond motifs is 1. The number of carboxylic acid groups (broad SMARTS) is 1. The summed E-state index contributed by atoms with van der Waals surface area (Å²) in [5.41, 5.74) is 2.20. The molecular weight excluding hydrogens is 408 g/mol. The zero-order valence-corrected chi connectivity index (χ0v) is 18.2. The number of hydrogen-bond donors (Lipinski definition) is 1. The molecule has 1 saturated heterocycles. The summed E-state index contributed by atoms with van der Waals surface area (Å²) < 4.78 is 11.0. The molecule has 7 heteroatoms. The Labute approximate surface area is 186 Å². The topological polar surface area (TPSA) is 79.3 Å². The Bertz CT molecular complexity index is 1150. The Balaban J connectivity index is 1.76. The smallest absolute Gasteiger partial charge is 0.337 e. The van der Waals surface area contributed by atoms with Gasteiger partial charge in [-0.05, 0) is 35.0 Å². The number of benzene rings is 3. The molecule has 0 saturated carbocycles. The highest BCUT2D eigenvalue weighted by Crippen LogP contribution is 2.33. The van der Waals surface area contributed by atoms with Crippen molar-refractivity contribution in [2.45, 2.75) is 13.5 Å². The predicted octanol–water partition coefficient (Wildman–Crippen LogP) is 3.94. The molecule has 0 spiro atoms. The Morgan fingerprint density at radius 2 is 1.84 bits per heavy atom. The molecule has 0 aliphatic carbocycles. The van der Waals surface area contributed by atoms with Gasteiger partial charge in [0.25, 0.3) is 0 Å². The number of carbonyl (C=O) groups is 2. The van der Waals surface area contributed by atoms with Gasteiger partial charge in [0.2, 0.25) is 5.91 Å². The van der Waals surface area contributed by atoms with Crippen LogP contribution in [0.1, 0.15) is 22.8 Å². The van der Waals surface area contributed by atoms with Gasteiger partial charge in [-0.15, -0.1) is 0 Å². The zero-order chi connectivity index (χ0) is 22.7. The molecule has 1 aliphatic rings. The van der Waals surface area contributed by atoms with Crippen molar-refractivity contribution in [1.29, 1.82) is 0 Å². The van der Waals surface area contributed by atoms with Crippen LogP contribution in [0.25, 0.3) is 10.8 Å². The SMILES string of the molecule is COc1ccc2ccccc2c1CN(C(C)=O)c1ccc(N2CCOCC2)c(C(=O)O)c1. The first-order valence-electron chi connectivity index (χ1n) is 10.5. The normalized spacial score (nSPS) is 13.8. The van der Waals surface area contributed by atoms with Gasteiger partial charge < -0.3 is 24.4 Å². The number of hydrogen-bond acceptors (Lipinski definition) is 5. The lowest BCUT2D eigenvalue weighted by Gasteiger charge is -2.31. The van der Waals surface area contributed by atoms with Gasteiger partial charge in [-0.25, -0.2) is 4.79 Å². The van der Waals surface area contributed by atoms with E-state index in [4.69, 9.17) is 9.47 Å². The molecule has 3 aromatic rings. The van der Waals surface area contributed by atoms with Crippen molar-refractivity contribution < 1.29 is 24.2 Å². The molecule has 166 valence electrons. The first kappa shape index (κ1) is 21.6. The van der Waals surface area contributed by atoms with Crippen molar-refractivity contribution in [2.75, 3.05) is 43.2 Å². The van der Waals surface area contributed by atoms with E-state index in [1.807, 2.05) is 41.3 Å². The summed E-state index contributed by atoms with van der Waals surface area (Å²) in [7, 11) is 1.60. The van der Waals surface area contributed by atoms with E-state index in [1.165, 1.54) is 6.92 Å². The summed E-state index contributed by atoms with van der Waals surface area (Å²) >= 11 is 0. The molecule has 1 heterocycles. The molecule has 1 aliphatic heterocycles. The largest absolute Gasteiger partial charge is 0.496 e. The molecule has 3 aromatic carbocycles. The number of aromatic carboxylic acids is 1. The molecule has 0 bridgehead atoms. The third kappa shape index (κ3) is 4.24. The lowest BCUT2D eigenvalue weighted by Crippen LogP contribution is -2.37. The minimum Gasteiger partial charge on any atom is -0.496 e. The van der Waals surface area contributed by atoms with Crippen molar-refractivity contribution in [1.82, 2.24) is 0 Å². The van der Waals surface area contributed by atoms with Crippen LogP contribution in [0.4, 0.5) is 11.4 Å². The maximum Gasteiger partial charge on any atom is 0.337 e. The fourth-order valence-electron chi connectivity index (χ4n) is 4.16. The molecule has 0 atom stereocenters. The fourth-order valence-corrected chi connectivity index (χ4v) is 4.16. The molecule has 1 N–H and O–H groups in total. The van der Waals surface area contributed by atoms with Gasteiger partial charge in [0, 0.05) is 31.3 Å².